The SMILES string of the molecule is CCOC(=O)C1CCN(C(=O)/C(C#N)=C\Nc2ccc(C)cc2N)CC1. The van der Waals surface area contributed by atoms with Gasteiger partial charge in [0.2, 0.25) is 0 Å². The number of carbonyl (C=O) groups excluding carboxylic acids is 2. The van der Waals surface area contributed by atoms with Gasteiger partial charge < -0.3 is 20.7 Å². The van der Waals surface area contributed by atoms with Crippen LogP contribution in [0.2, 0.25) is 0 Å². The smallest absolute Gasteiger partial charge is 0.309 e. The van der Waals surface area contributed by atoms with Crippen LogP contribution < -0.4 is 11.1 Å². The summed E-state index contributed by atoms with van der Waals surface area (Å²) in [6.07, 6.45) is 2.46. The zero-order valence-electron chi connectivity index (χ0n) is 15.1. The van der Waals surface area contributed by atoms with Gasteiger partial charge in [-0.25, -0.2) is 0 Å². The number of esters is 1. The van der Waals surface area contributed by atoms with E-state index in [1.807, 2.05) is 25.1 Å². The van der Waals surface area contributed by atoms with Gasteiger partial charge in [-0.05, 0) is 44.4 Å². The van der Waals surface area contributed by atoms with E-state index in [-0.39, 0.29) is 23.4 Å². The fourth-order valence-corrected chi connectivity index (χ4v) is 2.85. The number of nitrogens with one attached hydrogen (secondary N) is 1. The Morgan fingerprint density at radius 2 is 2.12 bits per heavy atom. The summed E-state index contributed by atoms with van der Waals surface area (Å²) in [5.74, 6) is -0.751. The molecule has 0 aromatic heterocycles. The number of piperidine rings is 1. The molecule has 1 saturated heterocycles. The highest BCUT2D eigenvalue weighted by Crippen LogP contribution is 2.22. The molecule has 26 heavy (non-hydrogen) atoms. The Morgan fingerprint density at radius 1 is 1.42 bits per heavy atom. The zero-order valence-corrected chi connectivity index (χ0v) is 15.1. The second-order valence-corrected chi connectivity index (χ2v) is 6.22. The van der Waals surface area contributed by atoms with Gasteiger partial charge in [-0.1, -0.05) is 6.07 Å². The maximum absolute atomic E-state index is 12.5. The van der Waals surface area contributed by atoms with Crippen molar-refractivity contribution in [3.05, 3.63) is 35.5 Å². The standard InChI is InChI=1S/C19H24N4O3/c1-3-26-19(25)14-6-8-23(9-7-14)18(24)15(11-20)12-22-17-5-4-13(2)10-16(17)21/h4-5,10,12,14,22H,3,6-9,21H2,1-2H3/b15-12-. The van der Waals surface area contributed by atoms with Crippen LogP contribution in [0, 0.1) is 24.2 Å². The lowest BCUT2D eigenvalue weighted by molar-refractivity contribution is -0.150. The molecule has 7 nitrogen and oxygen atoms in total. The van der Waals surface area contributed by atoms with E-state index in [2.05, 4.69) is 5.32 Å². The first-order chi connectivity index (χ1) is 12.5. The third-order valence-corrected chi connectivity index (χ3v) is 4.33. The van der Waals surface area contributed by atoms with Crippen LogP contribution in [0.4, 0.5) is 11.4 Å². The van der Waals surface area contributed by atoms with Crippen LogP contribution in [-0.4, -0.2) is 36.5 Å². The van der Waals surface area contributed by atoms with Gasteiger partial charge in [0.05, 0.1) is 23.9 Å². The molecule has 0 saturated carbocycles. The lowest BCUT2D eigenvalue weighted by atomic mass is 9.96. The van der Waals surface area contributed by atoms with E-state index in [1.165, 1.54) is 6.20 Å². The molecule has 2 rings (SSSR count). The number of aryl methyl sites for hydroxylation is 1. The van der Waals surface area contributed by atoms with E-state index in [4.69, 9.17) is 10.5 Å². The van der Waals surface area contributed by atoms with Gasteiger partial charge in [0, 0.05) is 19.3 Å². The largest absolute Gasteiger partial charge is 0.466 e. The molecular weight excluding hydrogens is 332 g/mol. The summed E-state index contributed by atoms with van der Waals surface area (Å²) in [5.41, 5.74) is 8.13. The number of nitriles is 1. The number of likely N-dealkylation sites (tertiary alicyclic amines) is 1. The van der Waals surface area contributed by atoms with Crippen LogP contribution in [-0.2, 0) is 14.3 Å². The molecule has 3 N–H and O–H groups in total. The van der Waals surface area contributed by atoms with Crippen LogP contribution in [0.3, 0.4) is 0 Å². The quantitative estimate of drug-likeness (QED) is 0.362. The van der Waals surface area contributed by atoms with Crippen LogP contribution >= 0.6 is 0 Å². The summed E-state index contributed by atoms with van der Waals surface area (Å²) in [6, 6.07) is 7.43. The van der Waals surface area contributed by atoms with Crippen LogP contribution in [0.1, 0.15) is 25.3 Å². The van der Waals surface area contributed by atoms with Crippen LogP contribution in [0.15, 0.2) is 30.0 Å². The highest BCUT2D eigenvalue weighted by molar-refractivity contribution is 5.97. The van der Waals surface area contributed by atoms with Crippen molar-refractivity contribution < 1.29 is 14.3 Å². The molecule has 0 atom stereocenters. The summed E-state index contributed by atoms with van der Waals surface area (Å²) >= 11 is 0. The Morgan fingerprint density at radius 3 is 2.69 bits per heavy atom. The molecule has 1 aliphatic rings. The first kappa shape index (κ1) is 19.3. The van der Waals surface area contributed by atoms with Gasteiger partial charge in [0.25, 0.3) is 5.91 Å². The zero-order chi connectivity index (χ0) is 19.1. The van der Waals surface area contributed by atoms with Gasteiger partial charge in [-0.3, -0.25) is 9.59 Å². The lowest BCUT2D eigenvalue weighted by Crippen LogP contribution is -2.41. The molecule has 1 aromatic carbocycles. The molecular formula is C19H24N4O3. The van der Waals surface area contributed by atoms with E-state index in [0.717, 1.165) is 5.56 Å². The minimum Gasteiger partial charge on any atom is -0.466 e. The molecule has 0 bridgehead atoms. The van der Waals surface area contributed by atoms with Crippen molar-refractivity contribution in [1.29, 1.82) is 5.26 Å². The summed E-state index contributed by atoms with van der Waals surface area (Å²) in [4.78, 5) is 25.9. The molecule has 1 aromatic rings. The van der Waals surface area contributed by atoms with Gasteiger partial charge in [-0.15, -0.1) is 0 Å². The van der Waals surface area contributed by atoms with Crippen LogP contribution in [0.5, 0.6) is 0 Å². The van der Waals surface area contributed by atoms with Crippen LogP contribution in [0.25, 0.3) is 0 Å². The number of ether oxygens (including phenoxy) is 1. The molecule has 0 radical (unpaired) electrons. The minimum absolute atomic E-state index is 0.000408. The number of carbonyl (C=O) groups is 2. The Kier molecular flexibility index (Phi) is 6.61. The first-order valence-electron chi connectivity index (χ1n) is 8.65. The molecule has 1 aliphatic heterocycles. The maximum atomic E-state index is 12.5. The highest BCUT2D eigenvalue weighted by atomic mass is 16.5. The Hall–Kier alpha value is -3.01. The minimum atomic E-state index is -0.354. The molecule has 1 heterocycles. The van der Waals surface area contributed by atoms with E-state index in [1.54, 1.807) is 17.9 Å². The fraction of sp³-hybridized carbons (Fsp3) is 0.421. The second kappa shape index (κ2) is 8.90. The number of hydrogen-bond donors (Lipinski definition) is 2. The number of benzene rings is 1. The lowest BCUT2D eigenvalue weighted by Gasteiger charge is -2.30. The number of hydrogen-bond acceptors (Lipinski definition) is 6. The number of rotatable bonds is 5. The van der Waals surface area contributed by atoms with E-state index < -0.39 is 0 Å². The summed E-state index contributed by atoms with van der Waals surface area (Å²) in [6.45, 7) is 4.91. The predicted octanol–water partition coefficient (Wildman–Crippen LogP) is 2.20. The second-order valence-electron chi connectivity index (χ2n) is 6.22. The monoisotopic (exact) mass is 356 g/mol. The third kappa shape index (κ3) is 4.76. The molecule has 138 valence electrons. The van der Waals surface area contributed by atoms with Crippen molar-refractivity contribution in [2.45, 2.75) is 26.7 Å². The van der Waals surface area contributed by atoms with E-state index >= 15 is 0 Å². The van der Waals surface area contributed by atoms with E-state index in [9.17, 15) is 14.9 Å². The van der Waals surface area contributed by atoms with Crippen molar-refractivity contribution >= 4 is 23.3 Å². The van der Waals surface area contributed by atoms with Crippen molar-refractivity contribution in [3.63, 3.8) is 0 Å². The van der Waals surface area contributed by atoms with Gasteiger partial charge in [0.1, 0.15) is 11.6 Å². The number of amides is 1. The molecule has 0 unspecified atom stereocenters. The van der Waals surface area contributed by atoms with E-state index in [0.29, 0.717) is 43.9 Å². The van der Waals surface area contributed by atoms with Crippen molar-refractivity contribution in [1.82, 2.24) is 4.90 Å². The Labute approximate surface area is 153 Å². The maximum Gasteiger partial charge on any atom is 0.309 e. The predicted molar refractivity (Wildman–Crippen MR) is 98.8 cm³/mol. The van der Waals surface area contributed by atoms with Crippen molar-refractivity contribution in [2.24, 2.45) is 5.92 Å². The number of nitrogens with two attached hydrogens (primary N) is 1. The molecule has 7 heteroatoms. The van der Waals surface area contributed by atoms with Crippen molar-refractivity contribution in [3.8, 4) is 6.07 Å². The summed E-state index contributed by atoms with van der Waals surface area (Å²) in [7, 11) is 0. The summed E-state index contributed by atoms with van der Waals surface area (Å²) < 4.78 is 5.02. The number of anilines is 2. The average Bonchev–Trinajstić information content (AvgIpc) is 2.64. The molecule has 1 fully saturated rings. The molecule has 0 aliphatic carbocycles. The molecule has 1 amide bonds. The fourth-order valence-electron chi connectivity index (χ4n) is 2.85. The topological polar surface area (TPSA) is 108 Å². The molecule has 0 spiro atoms. The van der Waals surface area contributed by atoms with Gasteiger partial charge in [0.15, 0.2) is 0 Å². The normalized spacial score (nSPS) is 15.3. The number of nitrogen functional groups attached to an aromatic ring is 1. The highest BCUT2D eigenvalue weighted by Gasteiger charge is 2.29. The third-order valence-electron chi connectivity index (χ3n) is 4.33. The number of nitrogens with zero attached hydrogens (tertiary/aromatic N) is 2. The average molecular weight is 356 g/mol. The Balaban J connectivity index is 1.98. The van der Waals surface area contributed by atoms with Crippen molar-refractivity contribution in [2.75, 3.05) is 30.7 Å². The van der Waals surface area contributed by atoms with Gasteiger partial charge >= 0.3 is 5.97 Å². The first-order valence-corrected chi connectivity index (χ1v) is 8.65. The van der Waals surface area contributed by atoms with Gasteiger partial charge in [-0.2, -0.15) is 5.26 Å². The summed E-state index contributed by atoms with van der Waals surface area (Å²) in [5, 5.41) is 12.2. The Bertz CT molecular complexity index is 744.